The first-order valence-electron chi connectivity index (χ1n) is 3.63. The van der Waals surface area contributed by atoms with Gasteiger partial charge in [-0.05, 0) is 5.41 Å². The van der Waals surface area contributed by atoms with E-state index in [1.807, 2.05) is 0 Å². The van der Waals surface area contributed by atoms with Gasteiger partial charge in [0.25, 0.3) is 0 Å². The average Bonchev–Trinajstić information content (AvgIpc) is 1.57. The third-order valence-electron chi connectivity index (χ3n) is 1.91. The Kier molecular flexibility index (Phi) is 1.55. The fourth-order valence-electron chi connectivity index (χ4n) is 1.49. The highest BCUT2D eigenvalue weighted by Gasteiger charge is 2.37. The summed E-state index contributed by atoms with van der Waals surface area (Å²) in [7, 11) is 0. The van der Waals surface area contributed by atoms with Crippen LogP contribution in [0.4, 0.5) is 0 Å². The van der Waals surface area contributed by atoms with E-state index in [1.165, 1.54) is 0 Å². The molecule has 1 heterocycles. The van der Waals surface area contributed by atoms with E-state index < -0.39 is 0 Å². The van der Waals surface area contributed by atoms with Crippen LogP contribution in [-0.4, -0.2) is 12.7 Å². The first-order valence-corrected chi connectivity index (χ1v) is 3.63. The van der Waals surface area contributed by atoms with Crippen molar-refractivity contribution in [3.8, 4) is 0 Å². The fourth-order valence-corrected chi connectivity index (χ4v) is 1.49. The summed E-state index contributed by atoms with van der Waals surface area (Å²) < 4.78 is 5.41. The Balaban J connectivity index is 2.44. The molecule has 1 saturated heterocycles. The highest BCUT2D eigenvalue weighted by atomic mass is 16.5. The van der Waals surface area contributed by atoms with E-state index in [0.29, 0.717) is 11.5 Å². The Labute approximate surface area is 57.4 Å². The second-order valence-corrected chi connectivity index (χ2v) is 4.10. The molecule has 1 nitrogen and oxygen atoms in total. The Morgan fingerprint density at radius 3 is 1.89 bits per heavy atom. The molecule has 1 aliphatic heterocycles. The van der Waals surface area contributed by atoms with Crippen molar-refractivity contribution in [1.82, 2.24) is 0 Å². The van der Waals surface area contributed by atoms with Gasteiger partial charge < -0.3 is 4.74 Å². The number of rotatable bonds is 0. The lowest BCUT2D eigenvalue weighted by Crippen LogP contribution is -2.46. The maximum atomic E-state index is 5.41. The van der Waals surface area contributed by atoms with Gasteiger partial charge in [0.15, 0.2) is 0 Å². The van der Waals surface area contributed by atoms with Gasteiger partial charge in [-0.25, -0.2) is 0 Å². The molecule has 0 aromatic rings. The zero-order chi connectivity index (χ0) is 7.07. The van der Waals surface area contributed by atoms with Gasteiger partial charge in [-0.15, -0.1) is 0 Å². The second-order valence-electron chi connectivity index (χ2n) is 4.10. The van der Waals surface area contributed by atoms with Gasteiger partial charge in [-0.1, -0.05) is 27.7 Å². The van der Waals surface area contributed by atoms with Gasteiger partial charge in [0.2, 0.25) is 0 Å². The van der Waals surface area contributed by atoms with Crippen molar-refractivity contribution in [2.45, 2.75) is 33.8 Å². The summed E-state index contributed by atoms with van der Waals surface area (Å²) in [5, 5.41) is 0. The predicted octanol–water partition coefficient (Wildman–Crippen LogP) is 2.07. The zero-order valence-corrected chi connectivity index (χ0v) is 6.77. The highest BCUT2D eigenvalue weighted by Crippen LogP contribution is 2.34. The lowest BCUT2D eigenvalue weighted by atomic mass is 9.79. The Bertz CT molecular complexity index is 102. The molecular formula is C8H16O. The Morgan fingerprint density at radius 1 is 1.33 bits per heavy atom. The van der Waals surface area contributed by atoms with Crippen LogP contribution in [0.5, 0.6) is 0 Å². The van der Waals surface area contributed by atoms with E-state index in [2.05, 4.69) is 27.7 Å². The molecule has 0 N–H and O–H groups in total. The molecule has 0 unspecified atom stereocenters. The molecule has 1 rings (SSSR count). The van der Waals surface area contributed by atoms with Crippen LogP contribution in [0.15, 0.2) is 0 Å². The SMILES string of the molecule is C[C@@H]1CO[C@H]1C(C)(C)C. The standard InChI is InChI=1S/C8H16O/c1-6-5-9-7(6)8(2,3)4/h6-7H,5H2,1-4H3/t6-,7-/m1/s1. The van der Waals surface area contributed by atoms with Crippen molar-refractivity contribution in [2.24, 2.45) is 11.3 Å². The first-order chi connectivity index (χ1) is 4.02. The molecule has 1 heteroatoms. The van der Waals surface area contributed by atoms with Crippen LogP contribution in [0.2, 0.25) is 0 Å². The molecule has 0 aromatic carbocycles. The van der Waals surface area contributed by atoms with Gasteiger partial charge in [0, 0.05) is 5.92 Å². The highest BCUT2D eigenvalue weighted by molar-refractivity contribution is 4.85. The quantitative estimate of drug-likeness (QED) is 0.485. The van der Waals surface area contributed by atoms with Crippen molar-refractivity contribution in [3.63, 3.8) is 0 Å². The molecule has 9 heavy (non-hydrogen) atoms. The molecule has 1 aliphatic rings. The first kappa shape index (κ1) is 7.07. The monoisotopic (exact) mass is 128 g/mol. The van der Waals surface area contributed by atoms with Crippen LogP contribution in [0, 0.1) is 11.3 Å². The molecule has 0 radical (unpaired) electrons. The average molecular weight is 128 g/mol. The van der Waals surface area contributed by atoms with Crippen LogP contribution in [0.3, 0.4) is 0 Å². The van der Waals surface area contributed by atoms with Crippen molar-refractivity contribution in [1.29, 1.82) is 0 Å². The Morgan fingerprint density at radius 2 is 1.89 bits per heavy atom. The largest absolute Gasteiger partial charge is 0.377 e. The van der Waals surface area contributed by atoms with Crippen molar-refractivity contribution < 1.29 is 4.74 Å². The smallest absolute Gasteiger partial charge is 0.0670 e. The summed E-state index contributed by atoms with van der Waals surface area (Å²) in [5.74, 6) is 0.769. The maximum Gasteiger partial charge on any atom is 0.0670 e. The molecular weight excluding hydrogens is 112 g/mol. The van der Waals surface area contributed by atoms with Crippen molar-refractivity contribution >= 4 is 0 Å². The molecule has 0 saturated carbocycles. The minimum Gasteiger partial charge on any atom is -0.377 e. The van der Waals surface area contributed by atoms with Crippen molar-refractivity contribution in [2.75, 3.05) is 6.61 Å². The lowest BCUT2D eigenvalue weighted by Gasteiger charge is -2.43. The second kappa shape index (κ2) is 1.98. The van der Waals surface area contributed by atoms with E-state index in [1.54, 1.807) is 0 Å². The topological polar surface area (TPSA) is 9.23 Å². The van der Waals surface area contributed by atoms with Crippen molar-refractivity contribution in [3.05, 3.63) is 0 Å². The summed E-state index contributed by atoms with van der Waals surface area (Å²) in [5.41, 5.74) is 0.345. The molecule has 2 atom stereocenters. The summed E-state index contributed by atoms with van der Waals surface area (Å²) >= 11 is 0. The lowest BCUT2D eigenvalue weighted by molar-refractivity contribution is -0.158. The molecule has 0 aromatic heterocycles. The molecule has 0 amide bonds. The van der Waals surface area contributed by atoms with Gasteiger partial charge in [0.1, 0.15) is 0 Å². The molecule has 1 fully saturated rings. The third kappa shape index (κ3) is 1.26. The molecule has 0 aliphatic carbocycles. The van der Waals surface area contributed by atoms with Crippen LogP contribution in [0.25, 0.3) is 0 Å². The molecule has 0 bridgehead atoms. The summed E-state index contributed by atoms with van der Waals surface area (Å²) in [6.45, 7) is 9.90. The number of ether oxygens (including phenoxy) is 1. The van der Waals surface area contributed by atoms with E-state index in [-0.39, 0.29) is 0 Å². The van der Waals surface area contributed by atoms with E-state index in [4.69, 9.17) is 4.74 Å². The zero-order valence-electron chi connectivity index (χ0n) is 6.77. The summed E-state index contributed by atoms with van der Waals surface area (Å²) in [4.78, 5) is 0. The minimum absolute atomic E-state index is 0.345. The third-order valence-corrected chi connectivity index (χ3v) is 1.91. The molecule has 0 spiro atoms. The van der Waals surface area contributed by atoms with Crippen LogP contribution >= 0.6 is 0 Å². The maximum absolute atomic E-state index is 5.41. The van der Waals surface area contributed by atoms with E-state index >= 15 is 0 Å². The molecule has 54 valence electrons. The summed E-state index contributed by atoms with van der Waals surface area (Å²) in [6.07, 6.45) is 0.498. The van der Waals surface area contributed by atoms with Gasteiger partial charge in [-0.2, -0.15) is 0 Å². The fraction of sp³-hybridized carbons (Fsp3) is 1.00. The summed E-state index contributed by atoms with van der Waals surface area (Å²) in [6, 6.07) is 0. The predicted molar refractivity (Wildman–Crippen MR) is 38.4 cm³/mol. The van der Waals surface area contributed by atoms with Crippen LogP contribution in [-0.2, 0) is 4.74 Å². The minimum atomic E-state index is 0.345. The van der Waals surface area contributed by atoms with Crippen LogP contribution < -0.4 is 0 Å². The normalized spacial score (nSPS) is 36.0. The number of hydrogen-bond donors (Lipinski definition) is 0. The Hall–Kier alpha value is -0.0400. The van der Waals surface area contributed by atoms with E-state index in [0.717, 1.165) is 12.5 Å². The van der Waals surface area contributed by atoms with E-state index in [9.17, 15) is 0 Å². The van der Waals surface area contributed by atoms with Gasteiger partial charge >= 0.3 is 0 Å². The number of hydrogen-bond acceptors (Lipinski definition) is 1. The van der Waals surface area contributed by atoms with Crippen LogP contribution in [0.1, 0.15) is 27.7 Å². The van der Waals surface area contributed by atoms with Gasteiger partial charge in [0.05, 0.1) is 12.7 Å². The van der Waals surface area contributed by atoms with Gasteiger partial charge in [-0.3, -0.25) is 0 Å².